The fraction of sp³-hybridized carbons (Fsp3) is 0.0882. The SMILES string of the molecule is C=CC(=O)Nc1ccc(Cn2c(=O)c(-c3c(Cl)c(OC)cc(OC)c3Cl)cc3cnc(Nc4c(F)cccc4NC(=O)C=C)nc32)cc1. The number of halogens is 3. The van der Waals surface area contributed by atoms with Gasteiger partial charge in [-0.25, -0.2) is 9.37 Å². The molecule has 48 heavy (non-hydrogen) atoms. The summed E-state index contributed by atoms with van der Waals surface area (Å²) in [5.41, 5.74) is 1.15. The van der Waals surface area contributed by atoms with Gasteiger partial charge in [-0.3, -0.25) is 19.0 Å². The van der Waals surface area contributed by atoms with Crippen molar-refractivity contribution in [2.75, 3.05) is 30.2 Å². The molecule has 0 aliphatic rings. The van der Waals surface area contributed by atoms with E-state index < -0.39 is 17.3 Å². The molecule has 5 rings (SSSR count). The minimum absolute atomic E-state index is 0.00595. The quantitative estimate of drug-likeness (QED) is 0.127. The first kappa shape index (κ1) is 33.6. The summed E-state index contributed by atoms with van der Waals surface area (Å²) in [6, 6.07) is 14.0. The van der Waals surface area contributed by atoms with Crippen LogP contribution in [0.4, 0.5) is 27.4 Å². The van der Waals surface area contributed by atoms with Crippen LogP contribution in [0.2, 0.25) is 10.0 Å². The number of hydrogen-bond acceptors (Lipinski definition) is 8. The van der Waals surface area contributed by atoms with Gasteiger partial charge in [-0.15, -0.1) is 0 Å². The second-order valence-electron chi connectivity index (χ2n) is 10.1. The summed E-state index contributed by atoms with van der Waals surface area (Å²) in [6.45, 7) is 6.88. The molecule has 11 nitrogen and oxygen atoms in total. The molecule has 2 amide bonds. The average Bonchev–Trinajstić information content (AvgIpc) is 3.08. The highest BCUT2D eigenvalue weighted by Gasteiger charge is 2.24. The third kappa shape index (κ3) is 6.85. The highest BCUT2D eigenvalue weighted by atomic mass is 35.5. The zero-order valence-corrected chi connectivity index (χ0v) is 27.1. The van der Waals surface area contributed by atoms with E-state index in [1.807, 2.05) is 0 Å². The van der Waals surface area contributed by atoms with E-state index in [1.54, 1.807) is 24.3 Å². The van der Waals surface area contributed by atoms with Crippen LogP contribution in [-0.4, -0.2) is 40.6 Å². The predicted octanol–water partition coefficient (Wildman–Crippen LogP) is 6.96. The van der Waals surface area contributed by atoms with E-state index in [4.69, 9.17) is 32.7 Å². The third-order valence-corrected chi connectivity index (χ3v) is 7.86. The van der Waals surface area contributed by atoms with E-state index in [2.05, 4.69) is 39.1 Å². The Morgan fingerprint density at radius 2 is 1.60 bits per heavy atom. The summed E-state index contributed by atoms with van der Waals surface area (Å²) in [4.78, 5) is 47.1. The molecule has 3 N–H and O–H groups in total. The molecule has 0 bridgehead atoms. The summed E-state index contributed by atoms with van der Waals surface area (Å²) < 4.78 is 27.2. The number of rotatable bonds is 11. The van der Waals surface area contributed by atoms with Gasteiger partial charge in [0, 0.05) is 28.9 Å². The highest BCUT2D eigenvalue weighted by molar-refractivity contribution is 6.41. The van der Waals surface area contributed by atoms with Gasteiger partial charge in [0.05, 0.1) is 42.1 Å². The zero-order chi connectivity index (χ0) is 34.5. The monoisotopic (exact) mass is 688 g/mol. The van der Waals surface area contributed by atoms with Crippen LogP contribution in [-0.2, 0) is 16.1 Å². The molecule has 0 aliphatic heterocycles. The maximum atomic E-state index is 15.0. The molecule has 0 atom stereocenters. The predicted molar refractivity (Wildman–Crippen MR) is 185 cm³/mol. The Hall–Kier alpha value is -5.72. The van der Waals surface area contributed by atoms with Crippen LogP contribution < -0.4 is 31.0 Å². The standard InChI is InChI=1S/C34H27Cl2FN6O5/c1-5-26(44)39-20-12-10-18(11-13-20)17-43-32-19(14-21(33(43)46)28-29(35)24(47-3)15-25(48-4)30(28)36)16-38-34(42-32)41-31-22(37)8-7-9-23(31)40-27(45)6-2/h5-16H,1-2,17H2,3-4H3,(H,39,44)(H,40,45)(H,38,41,42). The van der Waals surface area contributed by atoms with Crippen molar-refractivity contribution in [3.8, 4) is 22.6 Å². The fourth-order valence-electron chi connectivity index (χ4n) is 4.79. The van der Waals surface area contributed by atoms with Crippen molar-refractivity contribution in [3.63, 3.8) is 0 Å². The molecule has 0 saturated carbocycles. The molecule has 2 heterocycles. The van der Waals surface area contributed by atoms with Crippen LogP contribution in [0.3, 0.4) is 0 Å². The number of aromatic nitrogens is 3. The minimum Gasteiger partial charge on any atom is -0.495 e. The lowest BCUT2D eigenvalue weighted by Crippen LogP contribution is -2.24. The minimum atomic E-state index is -0.687. The van der Waals surface area contributed by atoms with E-state index in [1.165, 1.54) is 55.3 Å². The van der Waals surface area contributed by atoms with Gasteiger partial charge in [-0.1, -0.05) is 54.6 Å². The molecule has 0 saturated heterocycles. The number of ether oxygens (including phenoxy) is 2. The van der Waals surface area contributed by atoms with Gasteiger partial charge in [-0.05, 0) is 48.0 Å². The lowest BCUT2D eigenvalue weighted by molar-refractivity contribution is -0.112. The van der Waals surface area contributed by atoms with Gasteiger partial charge >= 0.3 is 0 Å². The average molecular weight is 690 g/mol. The Morgan fingerprint density at radius 3 is 2.23 bits per heavy atom. The number of carbonyl (C=O) groups excluding carboxylic acids is 2. The summed E-state index contributed by atoms with van der Waals surface area (Å²) in [6.07, 6.45) is 3.64. The Kier molecular flexibility index (Phi) is 10.1. The van der Waals surface area contributed by atoms with Crippen molar-refractivity contribution < 1.29 is 23.5 Å². The zero-order valence-electron chi connectivity index (χ0n) is 25.6. The number of fused-ring (bicyclic) bond motifs is 1. The Labute approximate surface area is 283 Å². The largest absolute Gasteiger partial charge is 0.495 e. The van der Waals surface area contributed by atoms with Crippen molar-refractivity contribution >= 4 is 69.1 Å². The molecule has 5 aromatic rings. The number of anilines is 4. The Bertz CT molecular complexity index is 2130. The van der Waals surface area contributed by atoms with Gasteiger partial charge in [0.1, 0.15) is 28.7 Å². The third-order valence-electron chi connectivity index (χ3n) is 7.11. The normalized spacial score (nSPS) is 10.7. The first-order valence-electron chi connectivity index (χ1n) is 14.1. The number of methoxy groups -OCH3 is 2. The van der Waals surface area contributed by atoms with E-state index in [9.17, 15) is 18.8 Å². The van der Waals surface area contributed by atoms with Gasteiger partial charge in [0.25, 0.3) is 5.56 Å². The van der Waals surface area contributed by atoms with E-state index in [0.29, 0.717) is 16.6 Å². The smallest absolute Gasteiger partial charge is 0.260 e. The Morgan fingerprint density at radius 1 is 0.958 bits per heavy atom. The number of carbonyl (C=O) groups is 2. The number of nitrogens with zero attached hydrogens (tertiary/aromatic N) is 3. The number of pyridine rings is 1. The van der Waals surface area contributed by atoms with Crippen LogP contribution in [0.1, 0.15) is 5.56 Å². The molecule has 0 aliphatic carbocycles. The maximum Gasteiger partial charge on any atom is 0.260 e. The summed E-state index contributed by atoms with van der Waals surface area (Å²) in [7, 11) is 2.84. The molecule has 0 unspecified atom stereocenters. The lowest BCUT2D eigenvalue weighted by Gasteiger charge is -2.18. The first-order valence-corrected chi connectivity index (χ1v) is 14.9. The Balaban J connectivity index is 1.69. The molecule has 244 valence electrons. The summed E-state index contributed by atoms with van der Waals surface area (Å²) in [5, 5.41) is 8.61. The van der Waals surface area contributed by atoms with Gasteiger partial charge < -0.3 is 25.4 Å². The van der Waals surface area contributed by atoms with E-state index in [0.717, 1.165) is 12.2 Å². The first-order chi connectivity index (χ1) is 23.1. The van der Waals surface area contributed by atoms with Crippen molar-refractivity contribution in [1.82, 2.24) is 14.5 Å². The van der Waals surface area contributed by atoms with Crippen LogP contribution in [0.5, 0.6) is 11.5 Å². The molecule has 0 fully saturated rings. The molecular formula is C34H27Cl2FN6O5. The van der Waals surface area contributed by atoms with Crippen LogP contribution in [0, 0.1) is 5.82 Å². The highest BCUT2D eigenvalue weighted by Crippen LogP contribution is 2.45. The molecule has 0 radical (unpaired) electrons. The second-order valence-corrected chi connectivity index (χ2v) is 10.8. The van der Waals surface area contributed by atoms with Crippen molar-refractivity contribution in [1.29, 1.82) is 0 Å². The van der Waals surface area contributed by atoms with Gasteiger partial charge in [0.15, 0.2) is 0 Å². The van der Waals surface area contributed by atoms with Crippen LogP contribution >= 0.6 is 23.2 Å². The van der Waals surface area contributed by atoms with E-state index in [-0.39, 0.29) is 68.1 Å². The second kappa shape index (κ2) is 14.4. The molecule has 2 aromatic heterocycles. The molecule has 3 aromatic carbocycles. The number of para-hydroxylation sites is 1. The number of benzene rings is 3. The van der Waals surface area contributed by atoms with Crippen LogP contribution in [0.15, 0.2) is 90.9 Å². The van der Waals surface area contributed by atoms with Crippen molar-refractivity contribution in [2.45, 2.75) is 6.54 Å². The van der Waals surface area contributed by atoms with Crippen LogP contribution in [0.25, 0.3) is 22.2 Å². The summed E-state index contributed by atoms with van der Waals surface area (Å²) >= 11 is 13.4. The molecule has 14 heteroatoms. The van der Waals surface area contributed by atoms with Crippen molar-refractivity contribution in [3.05, 3.63) is 118 Å². The topological polar surface area (TPSA) is 136 Å². The van der Waals surface area contributed by atoms with Gasteiger partial charge in [-0.2, -0.15) is 4.98 Å². The summed E-state index contributed by atoms with van der Waals surface area (Å²) in [5.74, 6) is -1.21. The van der Waals surface area contributed by atoms with Gasteiger partial charge in [0.2, 0.25) is 17.8 Å². The number of amides is 2. The molecular weight excluding hydrogens is 662 g/mol. The molecule has 0 spiro atoms. The lowest BCUT2D eigenvalue weighted by atomic mass is 10.0. The van der Waals surface area contributed by atoms with Crippen molar-refractivity contribution in [2.24, 2.45) is 0 Å². The number of hydrogen-bond donors (Lipinski definition) is 3. The fourth-order valence-corrected chi connectivity index (χ4v) is 5.49. The van der Waals surface area contributed by atoms with E-state index >= 15 is 0 Å². The maximum absolute atomic E-state index is 15.0. The number of nitrogens with one attached hydrogen (secondary N) is 3.